The van der Waals surface area contributed by atoms with E-state index < -0.39 is 5.60 Å². The molecular formula is C31H54O4. The van der Waals surface area contributed by atoms with Gasteiger partial charge in [-0.15, -0.1) is 0 Å². The van der Waals surface area contributed by atoms with E-state index in [4.69, 9.17) is 9.47 Å². The van der Waals surface area contributed by atoms with E-state index in [1.54, 1.807) is 0 Å². The third-order valence-corrected chi connectivity index (χ3v) is 12.8. The Balaban J connectivity index is 1.42. The molecule has 2 N–H and O–H groups in total. The van der Waals surface area contributed by atoms with E-state index in [1.165, 1.54) is 51.4 Å². The third kappa shape index (κ3) is 3.90. The minimum atomic E-state index is -0.898. The Hall–Kier alpha value is -0.160. The number of hydrogen-bond acceptors (Lipinski definition) is 4. The molecule has 4 heteroatoms. The Bertz CT molecular complexity index is 787. The van der Waals surface area contributed by atoms with Gasteiger partial charge in [0.25, 0.3) is 0 Å². The zero-order chi connectivity index (χ0) is 25.4. The lowest BCUT2D eigenvalue weighted by atomic mass is 9.42. The van der Waals surface area contributed by atoms with Gasteiger partial charge in [0.05, 0.1) is 23.9 Å². The number of hydrogen-bond donors (Lipinski definition) is 2. The van der Waals surface area contributed by atoms with Crippen molar-refractivity contribution in [3.8, 4) is 0 Å². The van der Waals surface area contributed by atoms with Crippen molar-refractivity contribution in [3.05, 3.63) is 0 Å². The summed E-state index contributed by atoms with van der Waals surface area (Å²) in [7, 11) is 0. The minimum Gasteiger partial charge on any atom is -0.393 e. The Kier molecular flexibility index (Phi) is 6.56. The molecule has 4 saturated carbocycles. The molecule has 35 heavy (non-hydrogen) atoms. The maximum atomic E-state index is 10.9. The molecule has 0 amide bonds. The van der Waals surface area contributed by atoms with Crippen LogP contribution >= 0.6 is 0 Å². The summed E-state index contributed by atoms with van der Waals surface area (Å²) in [6.45, 7) is 16.3. The van der Waals surface area contributed by atoms with E-state index in [-0.39, 0.29) is 29.8 Å². The molecule has 0 aromatic heterocycles. The van der Waals surface area contributed by atoms with Crippen LogP contribution in [-0.4, -0.2) is 46.8 Å². The predicted octanol–water partition coefficient (Wildman–Crippen LogP) is 6.51. The standard InChI is InChI=1S/C31H54O4/c1-8-34-26(28(4,5)33)22-12-11-21-23(35-22)19-30(7)20-10-13-24-27(2,3)25(32)14-17-31(24,18-20)16-9-15-29(21,30)6/h20-26,32-33H,8-19H2,1-7H3. The molecule has 1 aliphatic heterocycles. The van der Waals surface area contributed by atoms with Gasteiger partial charge >= 0.3 is 0 Å². The molecule has 5 rings (SSSR count). The van der Waals surface area contributed by atoms with E-state index in [0.29, 0.717) is 34.7 Å². The Labute approximate surface area is 214 Å². The monoisotopic (exact) mass is 490 g/mol. The first-order chi connectivity index (χ1) is 16.3. The zero-order valence-electron chi connectivity index (χ0n) is 23.7. The second kappa shape index (κ2) is 8.68. The van der Waals surface area contributed by atoms with Crippen molar-refractivity contribution in [2.24, 2.45) is 39.4 Å². The predicted molar refractivity (Wildman–Crippen MR) is 140 cm³/mol. The molecule has 5 aliphatic rings. The summed E-state index contributed by atoms with van der Waals surface area (Å²) in [5.74, 6) is 2.02. The number of aliphatic hydroxyl groups excluding tert-OH is 1. The summed E-state index contributed by atoms with van der Waals surface area (Å²) in [5.41, 5.74) is 0.184. The molecule has 10 unspecified atom stereocenters. The Morgan fingerprint density at radius 3 is 2.37 bits per heavy atom. The van der Waals surface area contributed by atoms with Crippen LogP contribution < -0.4 is 0 Å². The summed E-state index contributed by atoms with van der Waals surface area (Å²) in [6, 6.07) is 0. The molecule has 1 spiro atoms. The van der Waals surface area contributed by atoms with Crippen LogP contribution in [0.5, 0.6) is 0 Å². The highest BCUT2D eigenvalue weighted by atomic mass is 16.6. The van der Waals surface area contributed by atoms with Crippen LogP contribution in [0.25, 0.3) is 0 Å². The Morgan fingerprint density at radius 2 is 1.69 bits per heavy atom. The SMILES string of the molecule is CCOC(C1CCC2C(CC3(C)C4CCC5C(CCCC23C)(CCC(O)C5(C)C)C4)O1)C(C)(C)O. The van der Waals surface area contributed by atoms with Crippen LogP contribution in [0.15, 0.2) is 0 Å². The van der Waals surface area contributed by atoms with Gasteiger partial charge in [0.15, 0.2) is 0 Å². The summed E-state index contributed by atoms with van der Waals surface area (Å²) in [6.07, 6.45) is 13.3. The van der Waals surface area contributed by atoms with Gasteiger partial charge in [0.1, 0.15) is 6.10 Å². The summed E-state index contributed by atoms with van der Waals surface area (Å²) in [4.78, 5) is 0. The highest BCUT2D eigenvalue weighted by Gasteiger charge is 2.66. The highest BCUT2D eigenvalue weighted by molar-refractivity contribution is 5.15. The normalized spacial score (nSPS) is 50.3. The summed E-state index contributed by atoms with van der Waals surface area (Å²) >= 11 is 0. The van der Waals surface area contributed by atoms with E-state index >= 15 is 0 Å². The van der Waals surface area contributed by atoms with E-state index in [1.807, 2.05) is 20.8 Å². The number of fused-ring (bicyclic) bond motifs is 5. The van der Waals surface area contributed by atoms with Gasteiger partial charge in [-0.2, -0.15) is 0 Å². The van der Waals surface area contributed by atoms with Gasteiger partial charge < -0.3 is 19.7 Å². The van der Waals surface area contributed by atoms with Crippen molar-refractivity contribution in [3.63, 3.8) is 0 Å². The lowest BCUT2D eigenvalue weighted by Crippen LogP contribution is -2.57. The lowest BCUT2D eigenvalue weighted by Gasteiger charge is -2.63. The summed E-state index contributed by atoms with van der Waals surface area (Å²) < 4.78 is 13.0. The largest absolute Gasteiger partial charge is 0.393 e. The molecule has 0 radical (unpaired) electrons. The molecule has 2 bridgehead atoms. The van der Waals surface area contributed by atoms with Crippen LogP contribution in [0.3, 0.4) is 0 Å². The molecule has 0 aromatic carbocycles. The van der Waals surface area contributed by atoms with E-state index in [9.17, 15) is 10.2 Å². The molecular weight excluding hydrogens is 436 g/mol. The maximum absolute atomic E-state index is 10.9. The van der Waals surface area contributed by atoms with Gasteiger partial charge in [-0.3, -0.25) is 0 Å². The first-order valence-electron chi connectivity index (χ1n) is 15.0. The summed E-state index contributed by atoms with van der Waals surface area (Å²) in [5, 5.41) is 21.7. The Morgan fingerprint density at radius 1 is 0.943 bits per heavy atom. The van der Waals surface area contributed by atoms with Crippen LogP contribution in [-0.2, 0) is 9.47 Å². The van der Waals surface area contributed by atoms with Crippen molar-refractivity contribution in [2.45, 2.75) is 149 Å². The van der Waals surface area contributed by atoms with Crippen LogP contribution in [0, 0.1) is 39.4 Å². The maximum Gasteiger partial charge on any atom is 0.112 e. The fraction of sp³-hybridized carbons (Fsp3) is 1.00. The smallest absolute Gasteiger partial charge is 0.112 e. The van der Waals surface area contributed by atoms with Crippen LogP contribution in [0.2, 0.25) is 0 Å². The second-order valence-electron chi connectivity index (χ2n) is 15.1. The fourth-order valence-corrected chi connectivity index (χ4v) is 10.8. The topological polar surface area (TPSA) is 58.9 Å². The molecule has 0 aromatic rings. The van der Waals surface area contributed by atoms with Crippen molar-refractivity contribution in [1.29, 1.82) is 0 Å². The quantitative estimate of drug-likeness (QED) is 0.472. The van der Waals surface area contributed by atoms with Crippen molar-refractivity contribution < 1.29 is 19.7 Å². The van der Waals surface area contributed by atoms with Crippen molar-refractivity contribution in [2.75, 3.05) is 6.61 Å². The molecule has 202 valence electrons. The molecule has 1 saturated heterocycles. The lowest BCUT2D eigenvalue weighted by molar-refractivity contribution is -0.193. The number of aliphatic hydroxyl groups is 2. The minimum absolute atomic E-state index is 0.0179. The van der Waals surface area contributed by atoms with Gasteiger partial charge in [-0.05, 0) is 124 Å². The van der Waals surface area contributed by atoms with Crippen LogP contribution in [0.1, 0.15) is 119 Å². The average Bonchev–Trinajstić information content (AvgIpc) is 3.00. The second-order valence-corrected chi connectivity index (χ2v) is 15.1. The first kappa shape index (κ1) is 26.4. The van der Waals surface area contributed by atoms with Gasteiger partial charge in [-0.1, -0.05) is 34.1 Å². The molecule has 4 aliphatic carbocycles. The molecule has 5 fully saturated rings. The third-order valence-electron chi connectivity index (χ3n) is 12.8. The average molecular weight is 491 g/mol. The number of rotatable bonds is 4. The molecule has 1 heterocycles. The zero-order valence-corrected chi connectivity index (χ0v) is 23.7. The number of ether oxygens (including phenoxy) is 2. The first-order valence-corrected chi connectivity index (χ1v) is 15.0. The highest BCUT2D eigenvalue weighted by Crippen LogP contribution is 2.72. The van der Waals surface area contributed by atoms with Gasteiger partial charge in [0.2, 0.25) is 0 Å². The molecule has 10 atom stereocenters. The fourth-order valence-electron chi connectivity index (χ4n) is 10.8. The van der Waals surface area contributed by atoms with Crippen molar-refractivity contribution >= 4 is 0 Å². The molecule has 4 nitrogen and oxygen atoms in total. The van der Waals surface area contributed by atoms with Gasteiger partial charge in [-0.25, -0.2) is 0 Å². The van der Waals surface area contributed by atoms with Crippen molar-refractivity contribution in [1.82, 2.24) is 0 Å². The van der Waals surface area contributed by atoms with Crippen LogP contribution in [0.4, 0.5) is 0 Å². The van der Waals surface area contributed by atoms with E-state index in [2.05, 4.69) is 27.7 Å². The van der Waals surface area contributed by atoms with E-state index in [0.717, 1.165) is 25.2 Å². The van der Waals surface area contributed by atoms with Gasteiger partial charge in [0, 0.05) is 6.61 Å².